The molecular formula is C13H16Cl3N. The Hall–Kier alpha value is 0.0500. The van der Waals surface area contributed by atoms with E-state index in [1.807, 2.05) is 18.2 Å². The summed E-state index contributed by atoms with van der Waals surface area (Å²) < 4.78 is 0. The van der Waals surface area contributed by atoms with E-state index < -0.39 is 0 Å². The summed E-state index contributed by atoms with van der Waals surface area (Å²) in [5, 5.41) is 1.53. The molecule has 1 aromatic rings. The van der Waals surface area contributed by atoms with Crippen molar-refractivity contribution in [1.29, 1.82) is 0 Å². The van der Waals surface area contributed by atoms with Crippen LogP contribution in [-0.2, 0) is 6.54 Å². The molecule has 2 rings (SSSR count). The van der Waals surface area contributed by atoms with Crippen LogP contribution < -0.4 is 0 Å². The molecule has 1 aliphatic carbocycles. The summed E-state index contributed by atoms with van der Waals surface area (Å²) in [7, 11) is 0. The quantitative estimate of drug-likeness (QED) is 0.718. The summed E-state index contributed by atoms with van der Waals surface area (Å²) in [4.78, 5) is 2.41. The van der Waals surface area contributed by atoms with Crippen LogP contribution in [0.5, 0.6) is 0 Å². The minimum Gasteiger partial charge on any atom is -0.295 e. The monoisotopic (exact) mass is 291 g/mol. The van der Waals surface area contributed by atoms with Crippen molar-refractivity contribution in [1.82, 2.24) is 4.90 Å². The van der Waals surface area contributed by atoms with E-state index in [0.717, 1.165) is 28.7 Å². The number of nitrogens with zero attached hydrogens (tertiary/aromatic N) is 1. The van der Waals surface area contributed by atoms with Crippen LogP contribution in [0.4, 0.5) is 0 Å². The average molecular weight is 293 g/mol. The van der Waals surface area contributed by atoms with Gasteiger partial charge in [-0.3, -0.25) is 4.90 Å². The van der Waals surface area contributed by atoms with Gasteiger partial charge in [-0.05, 0) is 36.6 Å². The molecule has 4 heteroatoms. The number of hydrogen-bond acceptors (Lipinski definition) is 1. The van der Waals surface area contributed by atoms with Crippen LogP contribution in [0.3, 0.4) is 0 Å². The highest BCUT2D eigenvalue weighted by Gasteiger charge is 2.24. The molecule has 0 bridgehead atoms. The zero-order chi connectivity index (χ0) is 12.3. The van der Waals surface area contributed by atoms with Gasteiger partial charge in [0.1, 0.15) is 0 Å². The van der Waals surface area contributed by atoms with Gasteiger partial charge < -0.3 is 0 Å². The van der Waals surface area contributed by atoms with E-state index in [1.165, 1.54) is 19.3 Å². The minimum atomic E-state index is 0.661. The summed E-state index contributed by atoms with van der Waals surface area (Å²) in [6.07, 6.45) is 3.87. The molecule has 0 aromatic heterocycles. The Kier molecular flexibility index (Phi) is 4.98. The SMILES string of the molecule is ClCCN(Cc1cc(Cl)ccc1Cl)C1CCC1. The van der Waals surface area contributed by atoms with E-state index in [-0.39, 0.29) is 0 Å². The van der Waals surface area contributed by atoms with Crippen molar-refractivity contribution in [2.75, 3.05) is 12.4 Å². The number of alkyl halides is 1. The number of benzene rings is 1. The summed E-state index contributed by atoms with van der Waals surface area (Å²) in [6, 6.07) is 6.30. The summed E-state index contributed by atoms with van der Waals surface area (Å²) in [5.41, 5.74) is 1.09. The molecule has 17 heavy (non-hydrogen) atoms. The smallest absolute Gasteiger partial charge is 0.0452 e. The van der Waals surface area contributed by atoms with Gasteiger partial charge in [-0.1, -0.05) is 29.6 Å². The topological polar surface area (TPSA) is 3.24 Å². The van der Waals surface area contributed by atoms with E-state index in [0.29, 0.717) is 11.9 Å². The Balaban J connectivity index is 2.07. The lowest BCUT2D eigenvalue weighted by Gasteiger charge is -2.37. The molecule has 0 unspecified atom stereocenters. The van der Waals surface area contributed by atoms with Gasteiger partial charge in [0.25, 0.3) is 0 Å². The van der Waals surface area contributed by atoms with Crippen LogP contribution in [0.2, 0.25) is 10.0 Å². The Morgan fingerprint density at radius 1 is 1.24 bits per heavy atom. The normalized spacial score (nSPS) is 16.2. The third kappa shape index (κ3) is 3.51. The largest absolute Gasteiger partial charge is 0.295 e. The van der Waals surface area contributed by atoms with Gasteiger partial charge in [0.15, 0.2) is 0 Å². The highest BCUT2D eigenvalue weighted by molar-refractivity contribution is 6.33. The maximum absolute atomic E-state index is 6.19. The van der Waals surface area contributed by atoms with Gasteiger partial charge in [-0.25, -0.2) is 0 Å². The molecule has 0 radical (unpaired) electrons. The van der Waals surface area contributed by atoms with Gasteiger partial charge in [0.05, 0.1) is 0 Å². The van der Waals surface area contributed by atoms with Crippen molar-refractivity contribution in [2.24, 2.45) is 0 Å². The lowest BCUT2D eigenvalue weighted by atomic mass is 9.91. The van der Waals surface area contributed by atoms with E-state index in [9.17, 15) is 0 Å². The van der Waals surface area contributed by atoms with E-state index in [1.54, 1.807) is 0 Å². The first-order valence-electron chi connectivity index (χ1n) is 5.94. The van der Waals surface area contributed by atoms with Crippen molar-refractivity contribution in [2.45, 2.75) is 31.8 Å². The van der Waals surface area contributed by atoms with Crippen LogP contribution in [0.15, 0.2) is 18.2 Å². The summed E-state index contributed by atoms with van der Waals surface area (Å²) >= 11 is 18.0. The molecule has 94 valence electrons. The third-order valence-electron chi connectivity index (χ3n) is 3.34. The maximum Gasteiger partial charge on any atom is 0.0452 e. The van der Waals surface area contributed by atoms with Crippen LogP contribution in [0, 0.1) is 0 Å². The van der Waals surface area contributed by atoms with E-state index >= 15 is 0 Å². The molecule has 0 spiro atoms. The van der Waals surface area contributed by atoms with Crippen molar-refractivity contribution in [3.8, 4) is 0 Å². The first kappa shape index (κ1) is 13.5. The van der Waals surface area contributed by atoms with Gasteiger partial charge in [-0.2, -0.15) is 0 Å². The highest BCUT2D eigenvalue weighted by atomic mass is 35.5. The standard InChI is InChI=1S/C13H16Cl3N/c14-6-7-17(12-2-1-3-12)9-10-8-11(15)4-5-13(10)16/h4-5,8,12H,1-3,6-7,9H2. The third-order valence-corrected chi connectivity index (χ3v) is 4.12. The molecule has 1 nitrogen and oxygen atoms in total. The number of halogens is 3. The molecule has 1 saturated carbocycles. The Morgan fingerprint density at radius 2 is 2.00 bits per heavy atom. The molecule has 0 amide bonds. The first-order chi connectivity index (χ1) is 8.20. The lowest BCUT2D eigenvalue weighted by Crippen LogP contribution is -2.40. The summed E-state index contributed by atoms with van der Waals surface area (Å²) in [6.45, 7) is 1.76. The van der Waals surface area contributed by atoms with Crippen LogP contribution in [0.25, 0.3) is 0 Å². The maximum atomic E-state index is 6.19. The molecule has 1 aliphatic rings. The second kappa shape index (κ2) is 6.29. The van der Waals surface area contributed by atoms with Crippen LogP contribution in [0.1, 0.15) is 24.8 Å². The van der Waals surface area contributed by atoms with Crippen molar-refractivity contribution < 1.29 is 0 Å². The Morgan fingerprint density at radius 3 is 2.59 bits per heavy atom. The fourth-order valence-corrected chi connectivity index (χ4v) is 2.72. The molecule has 0 saturated heterocycles. The second-order valence-electron chi connectivity index (χ2n) is 4.48. The summed E-state index contributed by atoms with van der Waals surface area (Å²) in [5.74, 6) is 0.661. The van der Waals surface area contributed by atoms with Crippen molar-refractivity contribution in [3.63, 3.8) is 0 Å². The molecular weight excluding hydrogens is 277 g/mol. The number of rotatable bonds is 5. The van der Waals surface area contributed by atoms with E-state index in [4.69, 9.17) is 34.8 Å². The van der Waals surface area contributed by atoms with Gasteiger partial charge in [0, 0.05) is 35.1 Å². The highest BCUT2D eigenvalue weighted by Crippen LogP contribution is 2.28. The molecule has 0 N–H and O–H groups in total. The fourth-order valence-electron chi connectivity index (χ4n) is 2.13. The Labute approximate surface area is 118 Å². The lowest BCUT2D eigenvalue weighted by molar-refractivity contribution is 0.127. The van der Waals surface area contributed by atoms with Gasteiger partial charge in [-0.15, -0.1) is 11.6 Å². The van der Waals surface area contributed by atoms with Crippen molar-refractivity contribution >= 4 is 34.8 Å². The van der Waals surface area contributed by atoms with Crippen LogP contribution >= 0.6 is 34.8 Å². The molecule has 1 aromatic carbocycles. The van der Waals surface area contributed by atoms with Crippen molar-refractivity contribution in [3.05, 3.63) is 33.8 Å². The molecule has 0 heterocycles. The zero-order valence-corrected chi connectivity index (χ0v) is 11.9. The van der Waals surface area contributed by atoms with Gasteiger partial charge in [0.2, 0.25) is 0 Å². The second-order valence-corrected chi connectivity index (χ2v) is 5.70. The molecule has 0 atom stereocenters. The number of hydrogen-bond donors (Lipinski definition) is 0. The van der Waals surface area contributed by atoms with Crippen LogP contribution in [-0.4, -0.2) is 23.4 Å². The molecule has 1 fully saturated rings. The van der Waals surface area contributed by atoms with E-state index in [2.05, 4.69) is 4.90 Å². The van der Waals surface area contributed by atoms with Gasteiger partial charge >= 0.3 is 0 Å². The predicted octanol–water partition coefficient (Wildman–Crippen LogP) is 4.59. The fraction of sp³-hybridized carbons (Fsp3) is 0.538. The first-order valence-corrected chi connectivity index (χ1v) is 7.23. The minimum absolute atomic E-state index is 0.661. The Bertz CT molecular complexity index is 377. The molecule has 0 aliphatic heterocycles. The average Bonchev–Trinajstić information content (AvgIpc) is 2.21. The predicted molar refractivity (Wildman–Crippen MR) is 75.2 cm³/mol. The zero-order valence-electron chi connectivity index (χ0n) is 9.63.